The number of nitrogens with one attached hydrogen (secondary N) is 4. The van der Waals surface area contributed by atoms with Crippen molar-refractivity contribution >= 4 is 34.6 Å². The van der Waals surface area contributed by atoms with E-state index in [0.717, 1.165) is 22.0 Å². The molecule has 39 heavy (non-hydrogen) atoms. The molecule has 0 radical (unpaired) electrons. The van der Waals surface area contributed by atoms with Gasteiger partial charge in [-0.3, -0.25) is 14.4 Å². The number of nitrogens with two attached hydrogens (primary N) is 1. The SMILES string of the molecule is CCC(C)C(N)C(=O)NC(Cc1ccccc1)C(=O)NC(C)C(=O)NC(Cc1c[nH]c2ccccc12)C(=O)O. The number of aromatic amines is 1. The van der Waals surface area contributed by atoms with Crippen LogP contribution >= 0.6 is 0 Å². The first-order valence-corrected chi connectivity index (χ1v) is 13.1. The van der Waals surface area contributed by atoms with Crippen molar-refractivity contribution < 1.29 is 24.3 Å². The summed E-state index contributed by atoms with van der Waals surface area (Å²) in [6, 6.07) is 12.6. The second-order valence-corrected chi connectivity index (χ2v) is 9.86. The van der Waals surface area contributed by atoms with Crippen LogP contribution in [0.2, 0.25) is 0 Å². The average Bonchev–Trinajstić information content (AvgIpc) is 3.34. The van der Waals surface area contributed by atoms with Crippen LogP contribution in [0.1, 0.15) is 38.3 Å². The van der Waals surface area contributed by atoms with Crippen molar-refractivity contribution in [1.82, 2.24) is 20.9 Å². The molecule has 208 valence electrons. The van der Waals surface area contributed by atoms with Crippen LogP contribution in [0.5, 0.6) is 0 Å². The Kier molecular flexibility index (Phi) is 10.2. The minimum atomic E-state index is -1.20. The second kappa shape index (κ2) is 13.6. The van der Waals surface area contributed by atoms with Gasteiger partial charge in [-0.15, -0.1) is 0 Å². The standard InChI is InChI=1S/C29H37N5O5/c1-4-17(2)25(30)28(37)33-23(14-19-10-6-5-7-11-19)27(36)32-18(3)26(35)34-24(29(38)39)15-20-16-31-22-13-9-8-12-21(20)22/h5-13,16-18,23-25,31H,4,14-15,30H2,1-3H3,(H,32,36)(H,33,37)(H,34,35)(H,38,39). The largest absolute Gasteiger partial charge is 0.480 e. The second-order valence-electron chi connectivity index (χ2n) is 9.86. The van der Waals surface area contributed by atoms with Crippen LogP contribution in [0.4, 0.5) is 0 Å². The van der Waals surface area contributed by atoms with Crippen LogP contribution in [-0.2, 0) is 32.0 Å². The van der Waals surface area contributed by atoms with Gasteiger partial charge in [0.15, 0.2) is 0 Å². The number of benzene rings is 2. The Morgan fingerprint density at radius 1 is 0.846 bits per heavy atom. The van der Waals surface area contributed by atoms with Crippen LogP contribution in [0.3, 0.4) is 0 Å². The van der Waals surface area contributed by atoms with Crippen molar-refractivity contribution in [3.8, 4) is 0 Å². The number of rotatable bonds is 13. The lowest BCUT2D eigenvalue weighted by molar-refractivity contribution is -0.142. The number of amides is 3. The molecule has 1 heterocycles. The van der Waals surface area contributed by atoms with Gasteiger partial charge < -0.3 is 31.8 Å². The summed E-state index contributed by atoms with van der Waals surface area (Å²) in [4.78, 5) is 53.9. The molecule has 1 aromatic heterocycles. The van der Waals surface area contributed by atoms with Crippen LogP contribution in [0, 0.1) is 5.92 Å². The van der Waals surface area contributed by atoms with Gasteiger partial charge in [-0.1, -0.05) is 68.8 Å². The van der Waals surface area contributed by atoms with Gasteiger partial charge in [-0.2, -0.15) is 0 Å². The number of hydrogen-bond acceptors (Lipinski definition) is 5. The number of para-hydroxylation sites is 1. The van der Waals surface area contributed by atoms with Gasteiger partial charge >= 0.3 is 5.97 Å². The van der Waals surface area contributed by atoms with E-state index in [4.69, 9.17) is 5.73 Å². The van der Waals surface area contributed by atoms with Gasteiger partial charge in [-0.25, -0.2) is 4.79 Å². The van der Waals surface area contributed by atoms with Gasteiger partial charge in [0, 0.05) is 29.9 Å². The summed E-state index contributed by atoms with van der Waals surface area (Å²) in [5.74, 6) is -2.96. The van der Waals surface area contributed by atoms with Crippen molar-refractivity contribution in [3.05, 3.63) is 71.9 Å². The average molecular weight is 536 g/mol. The van der Waals surface area contributed by atoms with E-state index in [1.54, 1.807) is 6.20 Å². The Hall–Kier alpha value is -4.18. The molecule has 5 unspecified atom stereocenters. The highest BCUT2D eigenvalue weighted by Gasteiger charge is 2.30. The summed E-state index contributed by atoms with van der Waals surface area (Å²) in [6.07, 6.45) is 2.67. The Balaban J connectivity index is 1.68. The van der Waals surface area contributed by atoms with E-state index in [1.165, 1.54) is 6.92 Å². The number of fused-ring (bicyclic) bond motifs is 1. The fourth-order valence-electron chi connectivity index (χ4n) is 4.24. The number of aromatic nitrogens is 1. The van der Waals surface area contributed by atoms with Gasteiger partial charge in [0.05, 0.1) is 6.04 Å². The number of carbonyl (C=O) groups excluding carboxylic acids is 3. The Labute approximate surface area is 227 Å². The number of hydrogen-bond donors (Lipinski definition) is 6. The summed E-state index contributed by atoms with van der Waals surface area (Å²) < 4.78 is 0. The third-order valence-corrected chi connectivity index (χ3v) is 6.94. The molecule has 3 aromatic rings. The molecule has 0 saturated carbocycles. The van der Waals surface area contributed by atoms with Crippen molar-refractivity contribution in [2.24, 2.45) is 11.7 Å². The zero-order valence-corrected chi connectivity index (χ0v) is 22.4. The molecule has 0 aliphatic rings. The molecule has 10 nitrogen and oxygen atoms in total. The first kappa shape index (κ1) is 29.4. The van der Waals surface area contributed by atoms with Crippen LogP contribution in [0.15, 0.2) is 60.8 Å². The van der Waals surface area contributed by atoms with E-state index in [2.05, 4.69) is 20.9 Å². The number of carboxylic acids is 1. The first-order valence-electron chi connectivity index (χ1n) is 13.1. The van der Waals surface area contributed by atoms with Crippen LogP contribution in [-0.4, -0.2) is 57.9 Å². The highest BCUT2D eigenvalue weighted by Crippen LogP contribution is 2.19. The zero-order valence-electron chi connectivity index (χ0n) is 22.4. The molecule has 0 aliphatic carbocycles. The van der Waals surface area contributed by atoms with E-state index < -0.39 is 47.9 Å². The van der Waals surface area contributed by atoms with Crippen molar-refractivity contribution in [2.45, 2.75) is 64.2 Å². The molecule has 3 amide bonds. The van der Waals surface area contributed by atoms with Gasteiger partial charge in [0.25, 0.3) is 0 Å². The summed E-state index contributed by atoms with van der Waals surface area (Å²) in [6.45, 7) is 5.25. The van der Waals surface area contributed by atoms with Crippen molar-refractivity contribution in [1.29, 1.82) is 0 Å². The third kappa shape index (κ3) is 7.90. The molecule has 0 fully saturated rings. The molecule has 2 aromatic carbocycles. The topological polar surface area (TPSA) is 166 Å². The lowest BCUT2D eigenvalue weighted by Gasteiger charge is -2.25. The lowest BCUT2D eigenvalue weighted by Crippen LogP contribution is -2.57. The molecule has 0 aliphatic heterocycles. The fourth-order valence-corrected chi connectivity index (χ4v) is 4.24. The van der Waals surface area contributed by atoms with Crippen LogP contribution < -0.4 is 21.7 Å². The summed E-state index contributed by atoms with van der Waals surface area (Å²) in [7, 11) is 0. The maximum Gasteiger partial charge on any atom is 0.326 e. The number of carboxylic acid groups (broad SMARTS) is 1. The highest BCUT2D eigenvalue weighted by molar-refractivity contribution is 5.94. The zero-order chi connectivity index (χ0) is 28.5. The van der Waals surface area contributed by atoms with E-state index in [-0.39, 0.29) is 18.8 Å². The summed E-state index contributed by atoms with van der Waals surface area (Å²) in [5.41, 5.74) is 8.50. The number of carbonyl (C=O) groups is 4. The van der Waals surface area contributed by atoms with Gasteiger partial charge in [0.1, 0.15) is 18.1 Å². The maximum atomic E-state index is 13.2. The van der Waals surface area contributed by atoms with E-state index in [0.29, 0.717) is 6.42 Å². The van der Waals surface area contributed by atoms with Crippen LogP contribution in [0.25, 0.3) is 10.9 Å². The minimum absolute atomic E-state index is 0.0615. The Bertz CT molecular complexity index is 1290. The summed E-state index contributed by atoms with van der Waals surface area (Å²) >= 11 is 0. The van der Waals surface area contributed by atoms with E-state index in [1.807, 2.05) is 68.4 Å². The minimum Gasteiger partial charge on any atom is -0.480 e. The molecule has 7 N–H and O–H groups in total. The van der Waals surface area contributed by atoms with Crippen molar-refractivity contribution in [3.63, 3.8) is 0 Å². The molecule has 0 bridgehead atoms. The highest BCUT2D eigenvalue weighted by atomic mass is 16.4. The molecular weight excluding hydrogens is 498 g/mol. The smallest absolute Gasteiger partial charge is 0.326 e. The third-order valence-electron chi connectivity index (χ3n) is 6.94. The molecule has 5 atom stereocenters. The van der Waals surface area contributed by atoms with Gasteiger partial charge in [-0.05, 0) is 30.0 Å². The fraction of sp³-hybridized carbons (Fsp3) is 0.379. The maximum absolute atomic E-state index is 13.2. The monoisotopic (exact) mass is 535 g/mol. The Morgan fingerprint density at radius 3 is 2.15 bits per heavy atom. The molecule has 0 saturated heterocycles. The lowest BCUT2D eigenvalue weighted by atomic mass is 9.98. The molecular formula is C29H37N5O5. The quantitative estimate of drug-likeness (QED) is 0.195. The van der Waals surface area contributed by atoms with E-state index in [9.17, 15) is 24.3 Å². The van der Waals surface area contributed by atoms with Gasteiger partial charge in [0.2, 0.25) is 17.7 Å². The molecule has 0 spiro atoms. The molecule has 3 rings (SSSR count). The predicted octanol–water partition coefficient (Wildman–Crippen LogP) is 1.89. The summed E-state index contributed by atoms with van der Waals surface area (Å²) in [5, 5.41) is 18.5. The van der Waals surface area contributed by atoms with E-state index >= 15 is 0 Å². The first-order chi connectivity index (χ1) is 18.6. The predicted molar refractivity (Wildman–Crippen MR) is 149 cm³/mol. The Morgan fingerprint density at radius 2 is 1.49 bits per heavy atom. The normalized spacial score (nSPS) is 15.0. The van der Waals surface area contributed by atoms with Crippen molar-refractivity contribution in [2.75, 3.05) is 0 Å². The number of H-pyrrole nitrogens is 1. The number of aliphatic carboxylic acids is 1. The molecule has 10 heteroatoms.